The number of rotatable bonds is 4. The van der Waals surface area contributed by atoms with Gasteiger partial charge >= 0.3 is 5.97 Å². The van der Waals surface area contributed by atoms with Crippen molar-refractivity contribution in [3.8, 4) is 0 Å². The fourth-order valence-electron chi connectivity index (χ4n) is 2.24. The number of benzene rings is 1. The molecule has 0 radical (unpaired) electrons. The van der Waals surface area contributed by atoms with E-state index in [1.165, 1.54) is 12.8 Å². The van der Waals surface area contributed by atoms with Gasteiger partial charge in [-0.25, -0.2) is 4.79 Å². The van der Waals surface area contributed by atoms with Crippen molar-refractivity contribution in [3.05, 3.63) is 29.8 Å². The van der Waals surface area contributed by atoms with Crippen LogP contribution in [-0.2, 0) is 4.74 Å². The zero-order valence-corrected chi connectivity index (χ0v) is 11.3. The molecule has 0 bridgehead atoms. The second-order valence-corrected chi connectivity index (χ2v) is 5.45. The molecule has 98 valence electrons. The van der Waals surface area contributed by atoms with Crippen LogP contribution in [-0.4, -0.2) is 18.1 Å². The van der Waals surface area contributed by atoms with Crippen molar-refractivity contribution in [1.82, 2.24) is 0 Å². The Morgan fingerprint density at radius 3 is 2.39 bits per heavy atom. The Morgan fingerprint density at radius 2 is 1.89 bits per heavy atom. The molecular weight excluding hydrogens is 226 g/mol. The highest BCUT2D eigenvalue weighted by molar-refractivity contribution is 5.89. The van der Waals surface area contributed by atoms with Gasteiger partial charge in [0.05, 0.1) is 11.7 Å². The van der Waals surface area contributed by atoms with Gasteiger partial charge in [0.2, 0.25) is 0 Å². The molecule has 0 aromatic heterocycles. The van der Waals surface area contributed by atoms with Crippen LogP contribution < -0.4 is 5.32 Å². The van der Waals surface area contributed by atoms with Gasteiger partial charge in [0.15, 0.2) is 0 Å². The molecule has 0 amide bonds. The summed E-state index contributed by atoms with van der Waals surface area (Å²) in [5, 5.41) is 3.46. The van der Waals surface area contributed by atoms with E-state index >= 15 is 0 Å². The molecule has 0 saturated heterocycles. The maximum absolute atomic E-state index is 11.7. The van der Waals surface area contributed by atoms with Gasteiger partial charge in [-0.15, -0.1) is 0 Å². The quantitative estimate of drug-likeness (QED) is 0.828. The van der Waals surface area contributed by atoms with Crippen LogP contribution in [0.15, 0.2) is 24.3 Å². The second kappa shape index (κ2) is 5.42. The van der Waals surface area contributed by atoms with Crippen LogP contribution in [0.25, 0.3) is 0 Å². The Balaban J connectivity index is 1.91. The Bertz CT molecular complexity index is 405. The molecule has 1 saturated carbocycles. The van der Waals surface area contributed by atoms with Gasteiger partial charge < -0.3 is 10.1 Å². The van der Waals surface area contributed by atoms with E-state index in [0.29, 0.717) is 11.6 Å². The van der Waals surface area contributed by atoms with Crippen molar-refractivity contribution in [2.24, 2.45) is 5.92 Å². The van der Waals surface area contributed by atoms with Gasteiger partial charge in [0.1, 0.15) is 0 Å². The summed E-state index contributed by atoms with van der Waals surface area (Å²) in [4.78, 5) is 11.7. The normalized spacial score (nSPS) is 22.4. The predicted molar refractivity (Wildman–Crippen MR) is 72.8 cm³/mol. The lowest BCUT2D eigenvalue weighted by Gasteiger charge is -2.34. The van der Waals surface area contributed by atoms with E-state index in [0.717, 1.165) is 11.6 Å². The average molecular weight is 247 g/mol. The summed E-state index contributed by atoms with van der Waals surface area (Å²) >= 11 is 0. The summed E-state index contributed by atoms with van der Waals surface area (Å²) in [6.45, 7) is 5.97. The minimum absolute atomic E-state index is 0.0771. The van der Waals surface area contributed by atoms with Gasteiger partial charge in [-0.1, -0.05) is 6.92 Å². The highest BCUT2D eigenvalue weighted by Gasteiger charge is 2.24. The van der Waals surface area contributed by atoms with Gasteiger partial charge in [-0.05, 0) is 56.9 Å². The summed E-state index contributed by atoms with van der Waals surface area (Å²) in [7, 11) is 0. The number of carbonyl (C=O) groups excluding carboxylic acids is 1. The zero-order chi connectivity index (χ0) is 13.1. The number of esters is 1. The summed E-state index contributed by atoms with van der Waals surface area (Å²) in [5.41, 5.74) is 1.68. The fourth-order valence-corrected chi connectivity index (χ4v) is 2.24. The third-order valence-corrected chi connectivity index (χ3v) is 3.21. The van der Waals surface area contributed by atoms with Gasteiger partial charge in [0.25, 0.3) is 0 Å². The van der Waals surface area contributed by atoms with Crippen molar-refractivity contribution in [2.45, 2.75) is 45.8 Å². The summed E-state index contributed by atoms with van der Waals surface area (Å²) < 4.78 is 5.14. The standard InChI is InChI=1S/C15H21NO2/c1-10(2)18-15(17)12-4-6-13(7-5-12)16-14-8-11(3)9-14/h4-7,10-11,14,16H,8-9H2,1-3H3. The number of hydrogen-bond acceptors (Lipinski definition) is 3. The predicted octanol–water partition coefficient (Wildman–Crippen LogP) is 3.46. The summed E-state index contributed by atoms with van der Waals surface area (Å²) in [6.07, 6.45) is 2.39. The molecule has 0 heterocycles. The third-order valence-electron chi connectivity index (χ3n) is 3.21. The number of ether oxygens (including phenoxy) is 1. The van der Waals surface area contributed by atoms with Crippen LogP contribution >= 0.6 is 0 Å². The molecule has 1 N–H and O–H groups in total. The minimum Gasteiger partial charge on any atom is -0.459 e. The highest BCUT2D eigenvalue weighted by atomic mass is 16.5. The van der Waals surface area contributed by atoms with E-state index < -0.39 is 0 Å². The number of carbonyl (C=O) groups is 1. The van der Waals surface area contributed by atoms with Crippen molar-refractivity contribution in [1.29, 1.82) is 0 Å². The van der Waals surface area contributed by atoms with Crippen LogP contribution in [0.5, 0.6) is 0 Å². The molecule has 2 rings (SSSR count). The van der Waals surface area contributed by atoms with Gasteiger partial charge in [-0.2, -0.15) is 0 Å². The number of hydrogen-bond donors (Lipinski definition) is 1. The van der Waals surface area contributed by atoms with Crippen LogP contribution in [0.4, 0.5) is 5.69 Å². The SMILES string of the molecule is CC1CC(Nc2ccc(C(=O)OC(C)C)cc2)C1. The zero-order valence-electron chi connectivity index (χ0n) is 11.3. The van der Waals surface area contributed by atoms with E-state index in [1.807, 2.05) is 38.1 Å². The van der Waals surface area contributed by atoms with E-state index in [-0.39, 0.29) is 12.1 Å². The van der Waals surface area contributed by atoms with Gasteiger partial charge in [-0.3, -0.25) is 0 Å². The lowest BCUT2D eigenvalue weighted by molar-refractivity contribution is 0.0378. The van der Waals surface area contributed by atoms with E-state index in [1.54, 1.807) is 0 Å². The fraction of sp³-hybridized carbons (Fsp3) is 0.533. The van der Waals surface area contributed by atoms with Crippen LogP contribution in [0.2, 0.25) is 0 Å². The maximum Gasteiger partial charge on any atom is 0.338 e. The van der Waals surface area contributed by atoms with Crippen molar-refractivity contribution in [2.75, 3.05) is 5.32 Å². The molecule has 0 unspecified atom stereocenters. The van der Waals surface area contributed by atoms with Crippen molar-refractivity contribution < 1.29 is 9.53 Å². The average Bonchev–Trinajstić information content (AvgIpc) is 2.27. The largest absolute Gasteiger partial charge is 0.459 e. The lowest BCUT2D eigenvalue weighted by Crippen LogP contribution is -2.33. The van der Waals surface area contributed by atoms with Crippen molar-refractivity contribution in [3.63, 3.8) is 0 Å². The molecule has 1 aliphatic rings. The topological polar surface area (TPSA) is 38.3 Å². The first-order chi connectivity index (χ1) is 8.54. The first-order valence-corrected chi connectivity index (χ1v) is 6.62. The Hall–Kier alpha value is -1.51. The summed E-state index contributed by atoms with van der Waals surface area (Å²) in [6, 6.07) is 8.11. The molecule has 0 aliphatic heterocycles. The van der Waals surface area contributed by atoms with Crippen LogP contribution in [0.3, 0.4) is 0 Å². The highest BCUT2D eigenvalue weighted by Crippen LogP contribution is 2.29. The van der Waals surface area contributed by atoms with Crippen molar-refractivity contribution >= 4 is 11.7 Å². The molecular formula is C15H21NO2. The van der Waals surface area contributed by atoms with Gasteiger partial charge in [0, 0.05) is 11.7 Å². The Labute approximate surface area is 109 Å². The number of anilines is 1. The Kier molecular flexibility index (Phi) is 3.90. The second-order valence-electron chi connectivity index (χ2n) is 5.45. The molecule has 1 aliphatic carbocycles. The summed E-state index contributed by atoms with van der Waals surface area (Å²) in [5.74, 6) is 0.580. The van der Waals surface area contributed by atoms with E-state index in [4.69, 9.17) is 4.74 Å². The molecule has 1 aromatic carbocycles. The molecule has 1 aromatic rings. The Morgan fingerprint density at radius 1 is 1.28 bits per heavy atom. The number of nitrogens with one attached hydrogen (secondary N) is 1. The molecule has 3 heteroatoms. The maximum atomic E-state index is 11.7. The molecule has 0 spiro atoms. The molecule has 0 atom stereocenters. The molecule has 1 fully saturated rings. The van der Waals surface area contributed by atoms with E-state index in [2.05, 4.69) is 12.2 Å². The lowest BCUT2D eigenvalue weighted by atomic mass is 9.82. The molecule has 3 nitrogen and oxygen atoms in total. The minimum atomic E-state index is -0.256. The van der Waals surface area contributed by atoms with Crippen LogP contribution in [0, 0.1) is 5.92 Å². The van der Waals surface area contributed by atoms with E-state index in [9.17, 15) is 4.79 Å². The third kappa shape index (κ3) is 3.25. The monoisotopic (exact) mass is 247 g/mol. The smallest absolute Gasteiger partial charge is 0.338 e. The van der Waals surface area contributed by atoms with Crippen LogP contribution in [0.1, 0.15) is 44.0 Å². The first kappa shape index (κ1) is 12.9. The first-order valence-electron chi connectivity index (χ1n) is 6.62. The molecule has 18 heavy (non-hydrogen) atoms.